The van der Waals surface area contributed by atoms with Crippen molar-refractivity contribution in [2.45, 2.75) is 20.8 Å². The van der Waals surface area contributed by atoms with Crippen molar-refractivity contribution in [3.8, 4) is 0 Å². The molecule has 0 saturated carbocycles. The zero-order valence-corrected chi connectivity index (χ0v) is 12.0. The summed E-state index contributed by atoms with van der Waals surface area (Å²) < 4.78 is 0.923. The summed E-state index contributed by atoms with van der Waals surface area (Å²) in [6.45, 7) is 6.27. The molecule has 3 nitrogen and oxygen atoms in total. The van der Waals surface area contributed by atoms with Gasteiger partial charge in [0.2, 0.25) is 0 Å². The van der Waals surface area contributed by atoms with Crippen LogP contribution in [0.2, 0.25) is 0 Å². The molecule has 0 fully saturated rings. The van der Waals surface area contributed by atoms with Crippen molar-refractivity contribution in [2.75, 3.05) is 13.2 Å². The predicted octanol–water partition coefficient (Wildman–Crippen LogP) is 2.51. The molecule has 0 bridgehead atoms. The molecular weight excluding hydrogens is 282 g/mol. The van der Waals surface area contributed by atoms with E-state index >= 15 is 0 Å². The number of nitrogens with one attached hydrogen (secondary N) is 1. The molecule has 0 radical (unpaired) electrons. The van der Waals surface area contributed by atoms with Crippen molar-refractivity contribution in [2.24, 2.45) is 5.41 Å². The minimum atomic E-state index is -0.294. The molecule has 17 heavy (non-hydrogen) atoms. The maximum atomic E-state index is 11.9. The zero-order chi connectivity index (χ0) is 13.1. The fourth-order valence-electron chi connectivity index (χ4n) is 1.21. The monoisotopic (exact) mass is 299 g/mol. The number of hydrogen-bond donors (Lipinski definition) is 2. The Morgan fingerprint density at radius 3 is 2.65 bits per heavy atom. The molecule has 2 N–H and O–H groups in total. The number of hydrogen-bond acceptors (Lipinski definition) is 2. The van der Waals surface area contributed by atoms with E-state index in [9.17, 15) is 4.79 Å². The number of aryl methyl sites for hydroxylation is 1. The van der Waals surface area contributed by atoms with Crippen LogP contribution in [0.1, 0.15) is 29.8 Å². The molecule has 0 unspecified atom stereocenters. The fourth-order valence-corrected chi connectivity index (χ4v) is 1.59. The van der Waals surface area contributed by atoms with Crippen LogP contribution in [0.3, 0.4) is 0 Å². The van der Waals surface area contributed by atoms with Crippen molar-refractivity contribution < 1.29 is 9.90 Å². The van der Waals surface area contributed by atoms with E-state index in [-0.39, 0.29) is 17.9 Å². The first-order valence-electron chi connectivity index (χ1n) is 5.51. The highest BCUT2D eigenvalue weighted by Gasteiger charge is 2.18. The molecule has 0 aliphatic heterocycles. The number of carbonyl (C=O) groups is 1. The lowest BCUT2D eigenvalue weighted by Gasteiger charge is -2.21. The summed E-state index contributed by atoms with van der Waals surface area (Å²) in [6.07, 6.45) is 0. The molecule has 0 atom stereocenters. The van der Waals surface area contributed by atoms with Crippen LogP contribution in [-0.4, -0.2) is 24.2 Å². The topological polar surface area (TPSA) is 49.3 Å². The number of aliphatic hydroxyl groups is 1. The lowest BCUT2D eigenvalue weighted by Crippen LogP contribution is -2.36. The van der Waals surface area contributed by atoms with E-state index in [1.807, 2.05) is 26.8 Å². The van der Waals surface area contributed by atoms with Gasteiger partial charge >= 0.3 is 0 Å². The summed E-state index contributed by atoms with van der Waals surface area (Å²) in [5.41, 5.74) is 1.42. The number of aliphatic hydroxyl groups excluding tert-OH is 1. The minimum absolute atomic E-state index is 0.0465. The third-order valence-electron chi connectivity index (χ3n) is 2.59. The molecule has 1 aromatic rings. The fraction of sp³-hybridized carbons (Fsp3) is 0.462. The number of rotatable bonds is 4. The van der Waals surface area contributed by atoms with Gasteiger partial charge in [-0.15, -0.1) is 0 Å². The average molecular weight is 300 g/mol. The Bertz CT molecular complexity index is 416. The molecule has 94 valence electrons. The van der Waals surface area contributed by atoms with Gasteiger partial charge in [0.1, 0.15) is 0 Å². The van der Waals surface area contributed by atoms with E-state index < -0.39 is 0 Å². The van der Waals surface area contributed by atoms with Crippen molar-refractivity contribution in [3.05, 3.63) is 33.8 Å². The first kappa shape index (κ1) is 14.2. The first-order chi connectivity index (χ1) is 7.85. The largest absolute Gasteiger partial charge is 0.396 e. The molecule has 0 aliphatic rings. The molecule has 0 aromatic heterocycles. The van der Waals surface area contributed by atoms with Crippen LogP contribution < -0.4 is 5.32 Å². The van der Waals surface area contributed by atoms with E-state index in [0.29, 0.717) is 12.1 Å². The molecule has 0 spiro atoms. The summed E-state index contributed by atoms with van der Waals surface area (Å²) in [4.78, 5) is 11.9. The Balaban J connectivity index is 2.68. The first-order valence-corrected chi connectivity index (χ1v) is 6.30. The van der Waals surface area contributed by atoms with E-state index in [1.54, 1.807) is 12.1 Å². The quantitative estimate of drug-likeness (QED) is 0.897. The normalized spacial score (nSPS) is 11.4. The highest BCUT2D eigenvalue weighted by Crippen LogP contribution is 2.18. The van der Waals surface area contributed by atoms with Crippen LogP contribution in [0.5, 0.6) is 0 Å². The van der Waals surface area contributed by atoms with E-state index in [2.05, 4.69) is 21.2 Å². The Morgan fingerprint density at radius 1 is 1.47 bits per heavy atom. The maximum Gasteiger partial charge on any atom is 0.251 e. The van der Waals surface area contributed by atoms with Crippen LogP contribution in [0.4, 0.5) is 0 Å². The second kappa shape index (κ2) is 5.65. The van der Waals surface area contributed by atoms with Gasteiger partial charge in [0.25, 0.3) is 5.91 Å². The van der Waals surface area contributed by atoms with Gasteiger partial charge in [0, 0.05) is 28.6 Å². The molecular formula is C13H18BrNO2. The second-order valence-corrected chi connectivity index (χ2v) is 5.82. The molecule has 0 aliphatic carbocycles. The van der Waals surface area contributed by atoms with E-state index in [0.717, 1.165) is 10.0 Å². The van der Waals surface area contributed by atoms with E-state index in [4.69, 9.17) is 5.11 Å². The van der Waals surface area contributed by atoms with Gasteiger partial charge < -0.3 is 10.4 Å². The number of carbonyl (C=O) groups excluding carboxylic acids is 1. The zero-order valence-electron chi connectivity index (χ0n) is 10.4. The van der Waals surface area contributed by atoms with Gasteiger partial charge in [-0.3, -0.25) is 4.79 Å². The van der Waals surface area contributed by atoms with Gasteiger partial charge in [-0.2, -0.15) is 0 Å². The smallest absolute Gasteiger partial charge is 0.251 e. The molecule has 1 rings (SSSR count). The SMILES string of the molecule is Cc1ccc(C(=O)NCC(C)(C)CO)cc1Br. The van der Waals surface area contributed by atoms with Crippen LogP contribution in [0, 0.1) is 12.3 Å². The van der Waals surface area contributed by atoms with Gasteiger partial charge in [-0.05, 0) is 24.6 Å². The van der Waals surface area contributed by atoms with Crippen LogP contribution in [0.15, 0.2) is 22.7 Å². The Hall–Kier alpha value is -0.870. The predicted molar refractivity (Wildman–Crippen MR) is 72.1 cm³/mol. The van der Waals surface area contributed by atoms with Crippen molar-refractivity contribution in [1.29, 1.82) is 0 Å². The summed E-state index contributed by atoms with van der Waals surface area (Å²) in [5.74, 6) is -0.118. The number of benzene rings is 1. The third kappa shape index (κ3) is 4.13. The molecule has 1 aromatic carbocycles. The van der Waals surface area contributed by atoms with Gasteiger partial charge in [-0.25, -0.2) is 0 Å². The highest BCUT2D eigenvalue weighted by molar-refractivity contribution is 9.10. The van der Waals surface area contributed by atoms with Crippen LogP contribution >= 0.6 is 15.9 Å². The summed E-state index contributed by atoms with van der Waals surface area (Å²) >= 11 is 3.40. The minimum Gasteiger partial charge on any atom is -0.396 e. The lowest BCUT2D eigenvalue weighted by atomic mass is 9.95. The van der Waals surface area contributed by atoms with Gasteiger partial charge in [0.05, 0.1) is 0 Å². The third-order valence-corrected chi connectivity index (χ3v) is 3.44. The van der Waals surface area contributed by atoms with Gasteiger partial charge in [-0.1, -0.05) is 35.8 Å². The van der Waals surface area contributed by atoms with Crippen molar-refractivity contribution in [3.63, 3.8) is 0 Å². The second-order valence-electron chi connectivity index (χ2n) is 4.97. The molecule has 0 heterocycles. The highest BCUT2D eigenvalue weighted by atomic mass is 79.9. The maximum absolute atomic E-state index is 11.9. The number of halogens is 1. The summed E-state index contributed by atoms with van der Waals surface area (Å²) in [5, 5.41) is 11.9. The van der Waals surface area contributed by atoms with Crippen LogP contribution in [0.25, 0.3) is 0 Å². The molecule has 1 amide bonds. The Labute approximate surface area is 110 Å². The molecule has 4 heteroatoms. The van der Waals surface area contributed by atoms with Crippen molar-refractivity contribution in [1.82, 2.24) is 5.32 Å². The van der Waals surface area contributed by atoms with Crippen LogP contribution in [-0.2, 0) is 0 Å². The molecule has 0 saturated heterocycles. The van der Waals surface area contributed by atoms with E-state index in [1.165, 1.54) is 0 Å². The number of amides is 1. The summed E-state index contributed by atoms with van der Waals surface area (Å²) in [6, 6.07) is 5.49. The summed E-state index contributed by atoms with van der Waals surface area (Å²) in [7, 11) is 0. The van der Waals surface area contributed by atoms with Crippen molar-refractivity contribution >= 4 is 21.8 Å². The lowest BCUT2D eigenvalue weighted by molar-refractivity contribution is 0.0911. The standard InChI is InChI=1S/C13H18BrNO2/c1-9-4-5-10(6-11(9)14)12(17)15-7-13(2,3)8-16/h4-6,16H,7-8H2,1-3H3,(H,15,17). The Morgan fingerprint density at radius 2 is 2.12 bits per heavy atom. The van der Waals surface area contributed by atoms with Gasteiger partial charge in [0.15, 0.2) is 0 Å². The average Bonchev–Trinajstić information content (AvgIpc) is 2.30. The Kier molecular flexibility index (Phi) is 4.71.